The number of hydrogen-bond donors (Lipinski definition) is 2. The van der Waals surface area contributed by atoms with Crippen molar-refractivity contribution in [2.24, 2.45) is 0 Å². The molecule has 3 N–H and O–H groups in total. The lowest BCUT2D eigenvalue weighted by Gasteiger charge is -2.28. The van der Waals surface area contributed by atoms with Crippen LogP contribution in [0.5, 0.6) is 0 Å². The molecule has 1 aromatic carbocycles. The number of nitrogen functional groups attached to an aromatic ring is 1. The summed E-state index contributed by atoms with van der Waals surface area (Å²) in [5, 5.41) is 11.4. The molecule has 0 bridgehead atoms. The van der Waals surface area contributed by atoms with Gasteiger partial charge in [-0.05, 0) is 18.2 Å². The molecule has 0 saturated carbocycles. The lowest BCUT2D eigenvalue weighted by Crippen LogP contribution is -2.45. The number of nitrogens with one attached hydrogen (secondary N) is 1. The summed E-state index contributed by atoms with van der Waals surface area (Å²) in [7, 11) is 0. The predicted molar refractivity (Wildman–Crippen MR) is 71.2 cm³/mol. The smallest absolute Gasteiger partial charge is 0.238 e. The molecule has 1 saturated heterocycles. The van der Waals surface area contributed by atoms with Crippen molar-refractivity contribution in [1.82, 2.24) is 4.90 Å². The SMILES string of the molecule is N#CC1CN(CC(=O)Nc2ccc(F)cc2N)CCO1. The van der Waals surface area contributed by atoms with Gasteiger partial charge < -0.3 is 15.8 Å². The Hall–Kier alpha value is -2.17. The van der Waals surface area contributed by atoms with Gasteiger partial charge >= 0.3 is 0 Å². The van der Waals surface area contributed by atoms with E-state index in [-0.39, 0.29) is 18.1 Å². The van der Waals surface area contributed by atoms with Crippen LogP contribution in [0.15, 0.2) is 18.2 Å². The Kier molecular flexibility index (Phi) is 4.50. The molecule has 0 aromatic heterocycles. The zero-order valence-electron chi connectivity index (χ0n) is 10.8. The van der Waals surface area contributed by atoms with Crippen molar-refractivity contribution in [3.8, 4) is 6.07 Å². The second-order valence-corrected chi connectivity index (χ2v) is 4.50. The number of nitrogens with two attached hydrogens (primary N) is 1. The lowest BCUT2D eigenvalue weighted by molar-refractivity contribution is -0.118. The minimum atomic E-state index is -0.507. The molecule has 1 heterocycles. The van der Waals surface area contributed by atoms with Crippen LogP contribution in [-0.4, -0.2) is 43.2 Å². The number of rotatable bonds is 3. The third-order valence-corrected chi connectivity index (χ3v) is 2.95. The van der Waals surface area contributed by atoms with Crippen LogP contribution in [-0.2, 0) is 9.53 Å². The Morgan fingerprint density at radius 1 is 1.65 bits per heavy atom. The highest BCUT2D eigenvalue weighted by Gasteiger charge is 2.21. The van der Waals surface area contributed by atoms with Crippen LogP contribution in [0.25, 0.3) is 0 Å². The monoisotopic (exact) mass is 278 g/mol. The number of ether oxygens (including phenoxy) is 1. The van der Waals surface area contributed by atoms with Crippen molar-refractivity contribution in [2.75, 3.05) is 37.3 Å². The van der Waals surface area contributed by atoms with Crippen LogP contribution >= 0.6 is 0 Å². The summed E-state index contributed by atoms with van der Waals surface area (Å²) in [6, 6.07) is 5.81. The highest BCUT2D eigenvalue weighted by Crippen LogP contribution is 2.19. The summed E-state index contributed by atoms with van der Waals surface area (Å²) in [6.07, 6.45) is -0.507. The molecule has 6 nitrogen and oxygen atoms in total. The van der Waals surface area contributed by atoms with Crippen LogP contribution in [0.1, 0.15) is 0 Å². The maximum Gasteiger partial charge on any atom is 0.238 e. The maximum atomic E-state index is 12.9. The van der Waals surface area contributed by atoms with Gasteiger partial charge in [0.2, 0.25) is 5.91 Å². The van der Waals surface area contributed by atoms with Gasteiger partial charge in [0, 0.05) is 13.1 Å². The van der Waals surface area contributed by atoms with Gasteiger partial charge in [0.1, 0.15) is 5.82 Å². The van der Waals surface area contributed by atoms with E-state index in [2.05, 4.69) is 5.32 Å². The molecule has 1 fully saturated rings. The number of nitriles is 1. The minimum absolute atomic E-state index is 0.137. The third-order valence-electron chi connectivity index (χ3n) is 2.95. The molecule has 1 aliphatic rings. The van der Waals surface area contributed by atoms with Crippen molar-refractivity contribution in [2.45, 2.75) is 6.10 Å². The maximum absolute atomic E-state index is 12.9. The van der Waals surface area contributed by atoms with Crippen molar-refractivity contribution < 1.29 is 13.9 Å². The summed E-state index contributed by atoms with van der Waals surface area (Å²) >= 11 is 0. The van der Waals surface area contributed by atoms with E-state index in [4.69, 9.17) is 15.7 Å². The molecule has 0 aliphatic carbocycles. The molecule has 1 atom stereocenters. The molecule has 2 rings (SSSR count). The molecule has 1 unspecified atom stereocenters. The van der Waals surface area contributed by atoms with Crippen LogP contribution < -0.4 is 11.1 Å². The molecule has 1 amide bonds. The molecule has 1 aromatic rings. The number of amides is 1. The summed E-state index contributed by atoms with van der Waals surface area (Å²) in [5.74, 6) is -0.715. The van der Waals surface area contributed by atoms with Crippen LogP contribution in [0.4, 0.5) is 15.8 Å². The van der Waals surface area contributed by atoms with E-state index >= 15 is 0 Å². The molecule has 0 radical (unpaired) electrons. The molecule has 0 spiro atoms. The highest BCUT2D eigenvalue weighted by molar-refractivity contribution is 5.95. The number of anilines is 2. The fraction of sp³-hybridized carbons (Fsp3) is 0.385. The molecule has 20 heavy (non-hydrogen) atoms. The normalized spacial score (nSPS) is 19.3. The fourth-order valence-corrected chi connectivity index (χ4v) is 1.96. The summed E-state index contributed by atoms with van der Waals surface area (Å²) in [6.45, 7) is 1.54. The highest BCUT2D eigenvalue weighted by atomic mass is 19.1. The minimum Gasteiger partial charge on any atom is -0.397 e. The van der Waals surface area contributed by atoms with Gasteiger partial charge in [-0.25, -0.2) is 4.39 Å². The molecule has 1 aliphatic heterocycles. The van der Waals surface area contributed by atoms with Crippen molar-refractivity contribution >= 4 is 17.3 Å². The Morgan fingerprint density at radius 2 is 2.45 bits per heavy atom. The van der Waals surface area contributed by atoms with E-state index in [0.29, 0.717) is 25.4 Å². The first kappa shape index (κ1) is 14.2. The molecule has 106 valence electrons. The Bertz CT molecular complexity index is 544. The average Bonchev–Trinajstić information content (AvgIpc) is 2.42. The Morgan fingerprint density at radius 3 is 3.15 bits per heavy atom. The largest absolute Gasteiger partial charge is 0.397 e. The lowest BCUT2D eigenvalue weighted by atomic mass is 10.2. The van der Waals surface area contributed by atoms with Gasteiger partial charge in [0.15, 0.2) is 6.10 Å². The van der Waals surface area contributed by atoms with Crippen molar-refractivity contribution in [3.63, 3.8) is 0 Å². The predicted octanol–water partition coefficient (Wildman–Crippen LogP) is 0.571. The first-order valence-corrected chi connectivity index (χ1v) is 6.17. The standard InChI is InChI=1S/C13H15FN4O2/c14-9-1-2-12(11(16)5-9)17-13(19)8-18-3-4-20-10(6-15)7-18/h1-2,5,10H,3-4,7-8,16H2,(H,17,19). The molecular formula is C13H15FN4O2. The Balaban J connectivity index is 1.90. The van der Waals surface area contributed by atoms with E-state index in [1.807, 2.05) is 11.0 Å². The third kappa shape index (κ3) is 3.66. The van der Waals surface area contributed by atoms with Gasteiger partial charge in [-0.3, -0.25) is 9.69 Å². The van der Waals surface area contributed by atoms with Crippen molar-refractivity contribution in [3.05, 3.63) is 24.0 Å². The van der Waals surface area contributed by atoms with Crippen molar-refractivity contribution in [1.29, 1.82) is 5.26 Å². The second-order valence-electron chi connectivity index (χ2n) is 4.50. The van der Waals surface area contributed by atoms with E-state index in [1.54, 1.807) is 0 Å². The average molecular weight is 278 g/mol. The number of carbonyl (C=O) groups is 1. The zero-order chi connectivity index (χ0) is 14.5. The Labute approximate surface area is 115 Å². The van der Waals surface area contributed by atoms with E-state index in [0.717, 1.165) is 6.07 Å². The first-order valence-electron chi connectivity index (χ1n) is 6.17. The summed E-state index contributed by atoms with van der Waals surface area (Å²) in [5.41, 5.74) is 6.17. The molecular weight excluding hydrogens is 263 g/mol. The number of nitrogens with zero attached hydrogens (tertiary/aromatic N) is 2. The van der Waals surface area contributed by atoms with Crippen LogP contribution in [0, 0.1) is 17.1 Å². The van der Waals surface area contributed by atoms with E-state index < -0.39 is 11.9 Å². The van der Waals surface area contributed by atoms with Crippen LogP contribution in [0.3, 0.4) is 0 Å². The van der Waals surface area contributed by atoms with E-state index in [9.17, 15) is 9.18 Å². The number of hydrogen-bond acceptors (Lipinski definition) is 5. The van der Waals surface area contributed by atoms with E-state index in [1.165, 1.54) is 12.1 Å². The number of carbonyl (C=O) groups excluding carboxylic acids is 1. The number of morpholine rings is 1. The topological polar surface area (TPSA) is 91.4 Å². The summed E-state index contributed by atoms with van der Waals surface area (Å²) in [4.78, 5) is 13.7. The molecule has 7 heteroatoms. The summed E-state index contributed by atoms with van der Waals surface area (Å²) < 4.78 is 18.1. The number of benzene rings is 1. The van der Waals surface area contributed by atoms with Gasteiger partial charge in [0.05, 0.1) is 30.6 Å². The second kappa shape index (κ2) is 6.32. The number of halogens is 1. The fourth-order valence-electron chi connectivity index (χ4n) is 1.96. The van der Waals surface area contributed by atoms with Gasteiger partial charge in [-0.15, -0.1) is 0 Å². The van der Waals surface area contributed by atoms with Gasteiger partial charge in [-0.2, -0.15) is 5.26 Å². The van der Waals surface area contributed by atoms with Gasteiger partial charge in [0.25, 0.3) is 0 Å². The van der Waals surface area contributed by atoms with Gasteiger partial charge in [-0.1, -0.05) is 0 Å². The zero-order valence-corrected chi connectivity index (χ0v) is 10.8. The van der Waals surface area contributed by atoms with Crippen LogP contribution in [0.2, 0.25) is 0 Å². The quantitative estimate of drug-likeness (QED) is 0.789. The first-order chi connectivity index (χ1) is 9.58.